The van der Waals surface area contributed by atoms with Gasteiger partial charge in [0.05, 0.1) is 12.8 Å². The van der Waals surface area contributed by atoms with Crippen LogP contribution in [-0.4, -0.2) is 21.9 Å². The van der Waals surface area contributed by atoms with Gasteiger partial charge in [-0.25, -0.2) is 4.68 Å². The molecule has 0 unspecified atom stereocenters. The van der Waals surface area contributed by atoms with Crippen LogP contribution in [0.1, 0.15) is 34.7 Å². The number of nitrogens with zero attached hydrogens (tertiary/aromatic N) is 3. The molecule has 0 spiro atoms. The second kappa shape index (κ2) is 8.48. The smallest absolute Gasteiger partial charge is 0.226 e. The number of nitrogens with one attached hydrogen (secondary N) is 1. The fourth-order valence-electron chi connectivity index (χ4n) is 4.68. The first-order valence-corrected chi connectivity index (χ1v) is 12.1. The van der Waals surface area contributed by atoms with E-state index in [2.05, 4.69) is 10.3 Å². The number of aryl methyl sites for hydroxylation is 1. The highest BCUT2D eigenvalue weighted by Crippen LogP contribution is 2.52. The lowest BCUT2D eigenvalue weighted by Crippen LogP contribution is -2.32. The van der Waals surface area contributed by atoms with Crippen LogP contribution in [0.5, 0.6) is 11.5 Å². The van der Waals surface area contributed by atoms with E-state index in [0.717, 1.165) is 33.7 Å². The quantitative estimate of drug-likeness (QED) is 0.309. The third-order valence-electron chi connectivity index (χ3n) is 6.22. The summed E-state index contributed by atoms with van der Waals surface area (Å²) in [5, 5.41) is 9.89. The molecule has 0 amide bonds. The highest BCUT2D eigenvalue weighted by Gasteiger charge is 2.42. The number of hydrogen-bond acceptors (Lipinski definition) is 5. The van der Waals surface area contributed by atoms with Crippen molar-refractivity contribution in [3.63, 3.8) is 0 Å². The maximum atomic E-state index is 6.76. The Balaban J connectivity index is 1.64. The molecule has 0 saturated heterocycles. The molecule has 0 saturated carbocycles. The summed E-state index contributed by atoms with van der Waals surface area (Å²) < 4.78 is 13.8. The predicted molar refractivity (Wildman–Crippen MR) is 138 cm³/mol. The van der Waals surface area contributed by atoms with E-state index >= 15 is 0 Å². The van der Waals surface area contributed by atoms with Gasteiger partial charge in [-0.1, -0.05) is 53.0 Å². The van der Waals surface area contributed by atoms with Crippen molar-refractivity contribution in [2.45, 2.75) is 19.1 Å². The Morgan fingerprint density at radius 2 is 1.71 bits per heavy atom. The summed E-state index contributed by atoms with van der Waals surface area (Å²) in [6, 6.07) is 18.5. The number of rotatable bonds is 3. The van der Waals surface area contributed by atoms with Crippen molar-refractivity contribution in [1.82, 2.24) is 14.8 Å². The molecular formula is C26H19Cl3N4O2. The number of ether oxygens (including phenoxy) is 2. The molecule has 2 aliphatic rings. The summed E-state index contributed by atoms with van der Waals surface area (Å²) in [7, 11) is 1.64. The monoisotopic (exact) mass is 524 g/mol. The Labute approximate surface area is 217 Å². The van der Waals surface area contributed by atoms with Crippen molar-refractivity contribution >= 4 is 46.4 Å². The lowest BCUT2D eigenvalue weighted by atomic mass is 9.84. The van der Waals surface area contributed by atoms with Gasteiger partial charge in [0.2, 0.25) is 5.95 Å². The van der Waals surface area contributed by atoms with E-state index < -0.39 is 12.1 Å². The summed E-state index contributed by atoms with van der Waals surface area (Å²) in [4.78, 5) is 4.63. The standard InChI is InChI=1S/C26H19Cl3N4O2/c1-13-30-26-31-23-19-11-15(27)6-10-21(19)35-25(14-3-7-17(34-2)8-4-14)22(23)24(33(26)32-13)18-9-5-16(28)12-20(18)29/h3-12,24-25H,1-2H3,(H,30,31,32)/t24-,25-/m0/s1. The third kappa shape index (κ3) is 3.73. The molecule has 1 aromatic heterocycles. The summed E-state index contributed by atoms with van der Waals surface area (Å²) in [6.07, 6.45) is -0.438. The van der Waals surface area contributed by atoms with E-state index in [-0.39, 0.29) is 0 Å². The Hall–Kier alpha value is -3.19. The number of anilines is 1. The summed E-state index contributed by atoms with van der Waals surface area (Å²) >= 11 is 19.4. The molecule has 9 heteroatoms. The third-order valence-corrected chi connectivity index (χ3v) is 7.01. The zero-order valence-corrected chi connectivity index (χ0v) is 21.0. The molecule has 176 valence electrons. The predicted octanol–water partition coefficient (Wildman–Crippen LogP) is 7.12. The van der Waals surface area contributed by atoms with Crippen LogP contribution in [0.15, 0.2) is 66.2 Å². The number of hydrogen-bond donors (Lipinski definition) is 1. The molecule has 0 aliphatic carbocycles. The molecule has 6 nitrogen and oxygen atoms in total. The normalized spacial score (nSPS) is 18.2. The minimum absolute atomic E-state index is 0.397. The molecule has 2 aliphatic heterocycles. The second-order valence-corrected chi connectivity index (χ2v) is 9.64. The molecule has 6 rings (SSSR count). The molecular weight excluding hydrogens is 507 g/mol. The van der Waals surface area contributed by atoms with Crippen LogP contribution in [0.2, 0.25) is 15.1 Å². The van der Waals surface area contributed by atoms with Gasteiger partial charge in [-0.05, 0) is 60.5 Å². The van der Waals surface area contributed by atoms with Gasteiger partial charge in [0.25, 0.3) is 0 Å². The van der Waals surface area contributed by atoms with Crippen LogP contribution in [0.3, 0.4) is 0 Å². The number of benzene rings is 3. The lowest BCUT2D eigenvalue weighted by molar-refractivity contribution is 0.223. The van der Waals surface area contributed by atoms with Gasteiger partial charge in [0.1, 0.15) is 29.5 Å². The Kier molecular flexibility index (Phi) is 5.40. The number of methoxy groups -OCH3 is 1. The first-order valence-electron chi connectivity index (χ1n) is 10.9. The van der Waals surface area contributed by atoms with Gasteiger partial charge < -0.3 is 14.8 Å². The summed E-state index contributed by atoms with van der Waals surface area (Å²) in [5.74, 6) is 2.72. The molecule has 0 radical (unpaired) electrons. The highest BCUT2D eigenvalue weighted by atomic mass is 35.5. The van der Waals surface area contributed by atoms with Crippen LogP contribution in [0.25, 0.3) is 5.70 Å². The van der Waals surface area contributed by atoms with Crippen molar-refractivity contribution < 1.29 is 9.47 Å². The highest BCUT2D eigenvalue weighted by molar-refractivity contribution is 6.35. The van der Waals surface area contributed by atoms with Crippen molar-refractivity contribution in [2.24, 2.45) is 0 Å². The Bertz CT molecular complexity index is 1500. The minimum Gasteiger partial charge on any atom is -0.497 e. The van der Waals surface area contributed by atoms with Crippen LogP contribution in [0, 0.1) is 6.92 Å². The van der Waals surface area contributed by atoms with Crippen LogP contribution in [0.4, 0.5) is 5.95 Å². The molecule has 2 atom stereocenters. The van der Waals surface area contributed by atoms with E-state index in [1.165, 1.54) is 0 Å². The van der Waals surface area contributed by atoms with Gasteiger partial charge in [-0.15, -0.1) is 0 Å². The van der Waals surface area contributed by atoms with E-state index in [1.54, 1.807) is 13.2 Å². The summed E-state index contributed by atoms with van der Waals surface area (Å²) in [6.45, 7) is 1.86. The van der Waals surface area contributed by atoms with Crippen molar-refractivity contribution in [2.75, 3.05) is 12.4 Å². The first kappa shape index (κ1) is 22.3. The van der Waals surface area contributed by atoms with Crippen LogP contribution >= 0.6 is 34.8 Å². The average molecular weight is 526 g/mol. The topological polar surface area (TPSA) is 61.2 Å². The molecule has 0 bridgehead atoms. The molecule has 1 N–H and O–H groups in total. The molecule has 4 aromatic rings. The van der Waals surface area contributed by atoms with E-state index in [9.17, 15) is 0 Å². The van der Waals surface area contributed by atoms with Crippen molar-refractivity contribution in [3.8, 4) is 11.5 Å². The fourth-order valence-corrected chi connectivity index (χ4v) is 5.37. The maximum Gasteiger partial charge on any atom is 0.226 e. The lowest BCUT2D eigenvalue weighted by Gasteiger charge is -2.39. The van der Waals surface area contributed by atoms with Gasteiger partial charge in [-0.3, -0.25) is 0 Å². The molecule has 35 heavy (non-hydrogen) atoms. The van der Waals surface area contributed by atoms with Gasteiger partial charge >= 0.3 is 0 Å². The van der Waals surface area contributed by atoms with Crippen molar-refractivity contribution in [1.29, 1.82) is 0 Å². The Morgan fingerprint density at radius 3 is 2.46 bits per heavy atom. The first-order chi connectivity index (χ1) is 16.9. The van der Waals surface area contributed by atoms with Crippen LogP contribution < -0.4 is 14.8 Å². The number of aromatic nitrogens is 3. The zero-order chi connectivity index (χ0) is 24.3. The number of halogens is 3. The molecule has 3 heterocycles. The second-order valence-electron chi connectivity index (χ2n) is 8.36. The average Bonchev–Trinajstić information content (AvgIpc) is 3.22. The zero-order valence-electron chi connectivity index (χ0n) is 18.7. The molecule has 0 fully saturated rings. The van der Waals surface area contributed by atoms with Gasteiger partial charge in [0, 0.05) is 26.2 Å². The van der Waals surface area contributed by atoms with Gasteiger partial charge in [0.15, 0.2) is 0 Å². The van der Waals surface area contributed by atoms with E-state index in [1.807, 2.05) is 66.2 Å². The van der Waals surface area contributed by atoms with E-state index in [0.29, 0.717) is 32.6 Å². The van der Waals surface area contributed by atoms with Crippen molar-refractivity contribution in [3.05, 3.63) is 104 Å². The minimum atomic E-state index is -0.438. The SMILES string of the molecule is COc1ccc([C@@H]2Oc3ccc(Cl)cc3C3=C2[C@H](c2ccc(Cl)cc2Cl)n2nc(C)nc2N3)cc1. The molecule has 3 aromatic carbocycles. The maximum absolute atomic E-state index is 6.76. The van der Waals surface area contributed by atoms with E-state index in [4.69, 9.17) is 49.4 Å². The Morgan fingerprint density at radius 1 is 0.971 bits per heavy atom. The largest absolute Gasteiger partial charge is 0.497 e. The summed E-state index contributed by atoms with van der Waals surface area (Å²) in [5.41, 5.74) is 4.44. The van der Waals surface area contributed by atoms with Crippen LogP contribution in [-0.2, 0) is 0 Å². The van der Waals surface area contributed by atoms with Gasteiger partial charge in [-0.2, -0.15) is 10.1 Å². The fraction of sp³-hybridized carbons (Fsp3) is 0.154. The number of fused-ring (bicyclic) bond motifs is 3.